The van der Waals surface area contributed by atoms with E-state index in [0.717, 1.165) is 0 Å². The Bertz CT molecular complexity index is 130. The Balaban J connectivity index is 4.22. The largest absolute Gasteiger partial charge is 0.480 e. The lowest BCUT2D eigenvalue weighted by atomic mass is 10.1. The molecule has 0 fully saturated rings. The number of thioether (sulfide) groups is 1. The number of hydrogen-bond donors (Lipinski definition) is 1. The van der Waals surface area contributed by atoms with Crippen LogP contribution in [0.3, 0.4) is 0 Å². The van der Waals surface area contributed by atoms with Crippen molar-refractivity contribution < 1.29 is 9.90 Å². The van der Waals surface area contributed by atoms with Gasteiger partial charge in [0.05, 0.1) is 4.87 Å². The molecule has 0 amide bonds. The highest BCUT2D eigenvalue weighted by atomic mass is 35.5. The summed E-state index contributed by atoms with van der Waals surface area (Å²) in [6.07, 6.45) is 1.74. The Morgan fingerprint density at radius 2 is 2.10 bits per heavy atom. The molecule has 0 rings (SSSR count). The maximum atomic E-state index is 10.5. The van der Waals surface area contributed by atoms with Crippen LogP contribution in [0.5, 0.6) is 0 Å². The SMILES string of the molecule is CSC(C(=O)O)C(C)(C)Cl. The normalized spacial score (nSPS) is 14.8. The average Bonchev–Trinajstić information content (AvgIpc) is 1.60. The molecule has 0 heterocycles. The maximum absolute atomic E-state index is 10.5. The molecule has 0 bridgehead atoms. The molecule has 1 unspecified atom stereocenters. The molecule has 0 aromatic carbocycles. The van der Waals surface area contributed by atoms with Crippen LogP contribution in [0.1, 0.15) is 13.8 Å². The minimum absolute atomic E-state index is 0.533. The van der Waals surface area contributed by atoms with Crippen LogP contribution >= 0.6 is 23.4 Å². The molecule has 0 radical (unpaired) electrons. The van der Waals surface area contributed by atoms with Crippen LogP contribution in [0, 0.1) is 0 Å². The molecule has 60 valence electrons. The van der Waals surface area contributed by atoms with Crippen molar-refractivity contribution in [3.05, 3.63) is 0 Å². The Morgan fingerprint density at radius 1 is 1.70 bits per heavy atom. The van der Waals surface area contributed by atoms with Gasteiger partial charge >= 0.3 is 5.97 Å². The second kappa shape index (κ2) is 3.49. The third kappa shape index (κ3) is 2.80. The first-order chi connectivity index (χ1) is 4.39. The fraction of sp³-hybridized carbons (Fsp3) is 0.833. The minimum Gasteiger partial charge on any atom is -0.480 e. The summed E-state index contributed by atoms with van der Waals surface area (Å²) in [5.41, 5.74) is 0. The number of halogens is 1. The summed E-state index contributed by atoms with van der Waals surface area (Å²) in [4.78, 5) is 9.80. The minimum atomic E-state index is -0.854. The van der Waals surface area contributed by atoms with Gasteiger partial charge in [0, 0.05) is 0 Å². The molecule has 10 heavy (non-hydrogen) atoms. The number of carboxylic acids is 1. The molecule has 0 saturated heterocycles. The summed E-state index contributed by atoms with van der Waals surface area (Å²) < 4.78 is 0. The number of carbonyl (C=O) groups is 1. The smallest absolute Gasteiger partial charge is 0.318 e. The predicted octanol–water partition coefficient (Wildman–Crippen LogP) is 1.82. The van der Waals surface area contributed by atoms with Crippen LogP contribution in [0.4, 0.5) is 0 Å². The van der Waals surface area contributed by atoms with Gasteiger partial charge in [-0.05, 0) is 20.1 Å². The van der Waals surface area contributed by atoms with Gasteiger partial charge in [-0.3, -0.25) is 4.79 Å². The van der Waals surface area contributed by atoms with Crippen molar-refractivity contribution in [2.75, 3.05) is 6.26 Å². The zero-order chi connectivity index (χ0) is 8.36. The summed E-state index contributed by atoms with van der Waals surface area (Å²) in [5, 5.41) is 8.07. The van der Waals surface area contributed by atoms with Crippen LogP contribution < -0.4 is 0 Å². The highest BCUT2D eigenvalue weighted by Crippen LogP contribution is 2.27. The Labute approximate surface area is 69.9 Å². The van der Waals surface area contributed by atoms with E-state index in [1.54, 1.807) is 20.1 Å². The highest BCUT2D eigenvalue weighted by molar-refractivity contribution is 8.00. The summed E-state index contributed by atoms with van der Waals surface area (Å²) in [7, 11) is 0. The van der Waals surface area contributed by atoms with Gasteiger partial charge in [0.25, 0.3) is 0 Å². The molecule has 0 aromatic rings. The van der Waals surface area contributed by atoms with Crippen molar-refractivity contribution in [1.82, 2.24) is 0 Å². The molecule has 0 aliphatic heterocycles. The lowest BCUT2D eigenvalue weighted by Gasteiger charge is -2.22. The molecule has 0 spiro atoms. The fourth-order valence-electron chi connectivity index (χ4n) is 0.675. The summed E-state index contributed by atoms with van der Waals surface area (Å²) >= 11 is 7.05. The van der Waals surface area contributed by atoms with Gasteiger partial charge in [-0.15, -0.1) is 23.4 Å². The van der Waals surface area contributed by atoms with Gasteiger partial charge in [-0.1, -0.05) is 0 Å². The first-order valence-corrected chi connectivity index (χ1v) is 4.50. The molecule has 0 saturated carbocycles. The van der Waals surface area contributed by atoms with E-state index in [2.05, 4.69) is 0 Å². The highest BCUT2D eigenvalue weighted by Gasteiger charge is 2.32. The van der Waals surface area contributed by atoms with E-state index in [0.29, 0.717) is 0 Å². The lowest BCUT2D eigenvalue weighted by molar-refractivity contribution is -0.136. The van der Waals surface area contributed by atoms with Gasteiger partial charge in [0.1, 0.15) is 5.25 Å². The van der Waals surface area contributed by atoms with Crippen molar-refractivity contribution in [3.63, 3.8) is 0 Å². The quantitative estimate of drug-likeness (QED) is 0.677. The molecule has 2 nitrogen and oxygen atoms in total. The van der Waals surface area contributed by atoms with Gasteiger partial charge in [-0.2, -0.15) is 0 Å². The van der Waals surface area contributed by atoms with Crippen molar-refractivity contribution in [2.45, 2.75) is 24.0 Å². The number of carboxylic acid groups (broad SMARTS) is 1. The van der Waals surface area contributed by atoms with E-state index in [4.69, 9.17) is 16.7 Å². The van der Waals surface area contributed by atoms with Gasteiger partial charge < -0.3 is 5.11 Å². The van der Waals surface area contributed by atoms with E-state index in [1.807, 2.05) is 0 Å². The molecule has 0 aromatic heterocycles. The standard InChI is InChI=1S/C6H11ClO2S/c1-6(2,7)4(10-3)5(8)9/h4H,1-3H3,(H,8,9). The Hall–Kier alpha value is 0.110. The van der Waals surface area contributed by atoms with Gasteiger partial charge in [0.15, 0.2) is 0 Å². The molecular weight excluding hydrogens is 172 g/mol. The topological polar surface area (TPSA) is 37.3 Å². The van der Waals surface area contributed by atoms with Crippen LogP contribution in [0.15, 0.2) is 0 Å². The van der Waals surface area contributed by atoms with E-state index >= 15 is 0 Å². The van der Waals surface area contributed by atoms with Gasteiger partial charge in [0.2, 0.25) is 0 Å². The molecular formula is C6H11ClO2S. The number of aliphatic carboxylic acids is 1. The molecule has 0 aliphatic rings. The molecule has 4 heteroatoms. The van der Waals surface area contributed by atoms with Crippen molar-refractivity contribution in [3.8, 4) is 0 Å². The lowest BCUT2D eigenvalue weighted by Crippen LogP contribution is -2.34. The van der Waals surface area contributed by atoms with Crippen molar-refractivity contribution in [2.24, 2.45) is 0 Å². The molecule has 1 N–H and O–H groups in total. The van der Waals surface area contributed by atoms with Crippen LogP contribution in [0.2, 0.25) is 0 Å². The Morgan fingerprint density at radius 3 is 2.10 bits per heavy atom. The van der Waals surface area contributed by atoms with Crippen molar-refractivity contribution in [1.29, 1.82) is 0 Å². The van der Waals surface area contributed by atoms with E-state index in [9.17, 15) is 4.79 Å². The Kier molecular flexibility index (Phi) is 3.52. The fourth-order valence-corrected chi connectivity index (χ4v) is 1.80. The predicted molar refractivity (Wildman–Crippen MR) is 44.9 cm³/mol. The average molecular weight is 183 g/mol. The van der Waals surface area contributed by atoms with E-state index in [1.165, 1.54) is 11.8 Å². The van der Waals surface area contributed by atoms with Gasteiger partial charge in [-0.25, -0.2) is 0 Å². The van der Waals surface area contributed by atoms with Crippen molar-refractivity contribution >= 4 is 29.3 Å². The van der Waals surface area contributed by atoms with E-state index < -0.39 is 16.1 Å². The van der Waals surface area contributed by atoms with E-state index in [-0.39, 0.29) is 0 Å². The number of hydrogen-bond acceptors (Lipinski definition) is 2. The maximum Gasteiger partial charge on any atom is 0.318 e. The summed E-state index contributed by atoms with van der Waals surface area (Å²) in [6.45, 7) is 3.40. The first-order valence-electron chi connectivity index (χ1n) is 2.84. The molecule has 1 atom stereocenters. The zero-order valence-electron chi connectivity index (χ0n) is 6.22. The van der Waals surface area contributed by atoms with Crippen LogP contribution in [0.25, 0.3) is 0 Å². The monoisotopic (exact) mass is 182 g/mol. The second-order valence-electron chi connectivity index (χ2n) is 2.52. The number of alkyl halides is 1. The third-order valence-electron chi connectivity index (χ3n) is 1.08. The first kappa shape index (κ1) is 10.1. The van der Waals surface area contributed by atoms with Crippen LogP contribution in [-0.4, -0.2) is 27.5 Å². The summed E-state index contributed by atoms with van der Waals surface area (Å²) in [5.74, 6) is -0.854. The van der Waals surface area contributed by atoms with Crippen LogP contribution in [-0.2, 0) is 4.79 Å². The second-order valence-corrected chi connectivity index (χ2v) is 4.44. The molecule has 0 aliphatic carbocycles. The zero-order valence-corrected chi connectivity index (χ0v) is 7.79. The summed E-state index contributed by atoms with van der Waals surface area (Å²) in [6, 6.07) is 0. The third-order valence-corrected chi connectivity index (χ3v) is 2.69. The number of rotatable bonds is 3.